The number of para-hydroxylation sites is 1. The molecule has 0 atom stereocenters. The summed E-state index contributed by atoms with van der Waals surface area (Å²) in [6.45, 7) is 3.98. The molecule has 0 heterocycles. The van der Waals surface area contributed by atoms with Crippen molar-refractivity contribution in [3.63, 3.8) is 0 Å². The van der Waals surface area contributed by atoms with Gasteiger partial charge in [-0.25, -0.2) is 4.79 Å². The van der Waals surface area contributed by atoms with Crippen molar-refractivity contribution in [1.29, 1.82) is 0 Å². The molecule has 4 nitrogen and oxygen atoms in total. The Morgan fingerprint density at radius 1 is 1.33 bits per heavy atom. The highest BCUT2D eigenvalue weighted by molar-refractivity contribution is 5.87. The second kappa shape index (κ2) is 7.27. The Hall–Kier alpha value is -2.10. The van der Waals surface area contributed by atoms with E-state index in [0.717, 1.165) is 6.29 Å². The minimum Gasteiger partial charge on any atom is -0.489 e. The summed E-state index contributed by atoms with van der Waals surface area (Å²) in [6.07, 6.45) is 2.36. The zero-order valence-corrected chi connectivity index (χ0v) is 10.5. The maximum atomic E-state index is 11.3. The number of esters is 1. The van der Waals surface area contributed by atoms with Gasteiger partial charge in [0.15, 0.2) is 6.29 Å². The number of carbonyl (C=O) groups is 2. The molecular formula is C14H16O4. The average Bonchev–Trinajstić information content (AvgIpc) is 2.39. The standard InChI is InChI=1S/C14H16O4/c1-3-17-14(16)11(2)8-9-18-13-7-5-4-6-12(13)10-15/h4-8,10H,3,9H2,1-2H3/b11-8+. The molecule has 0 N–H and O–H groups in total. The first-order chi connectivity index (χ1) is 8.69. The van der Waals surface area contributed by atoms with Gasteiger partial charge in [0, 0.05) is 5.57 Å². The maximum Gasteiger partial charge on any atom is 0.333 e. The lowest BCUT2D eigenvalue weighted by Crippen LogP contribution is -2.07. The molecule has 4 heteroatoms. The second-order valence-corrected chi connectivity index (χ2v) is 3.57. The Balaban J connectivity index is 2.58. The van der Waals surface area contributed by atoms with E-state index in [2.05, 4.69) is 0 Å². The predicted octanol–water partition coefficient (Wildman–Crippen LogP) is 2.39. The normalized spacial score (nSPS) is 10.9. The van der Waals surface area contributed by atoms with Crippen LogP contribution < -0.4 is 4.74 Å². The largest absolute Gasteiger partial charge is 0.489 e. The molecular weight excluding hydrogens is 232 g/mol. The van der Waals surface area contributed by atoms with E-state index in [-0.39, 0.29) is 12.6 Å². The van der Waals surface area contributed by atoms with Crippen molar-refractivity contribution >= 4 is 12.3 Å². The summed E-state index contributed by atoms with van der Waals surface area (Å²) in [7, 11) is 0. The van der Waals surface area contributed by atoms with E-state index in [1.54, 1.807) is 44.2 Å². The van der Waals surface area contributed by atoms with E-state index in [9.17, 15) is 9.59 Å². The van der Waals surface area contributed by atoms with Crippen LogP contribution in [0.25, 0.3) is 0 Å². The van der Waals surface area contributed by atoms with Crippen LogP contribution in [0.4, 0.5) is 0 Å². The van der Waals surface area contributed by atoms with Crippen molar-refractivity contribution in [2.45, 2.75) is 13.8 Å². The summed E-state index contributed by atoms with van der Waals surface area (Å²) >= 11 is 0. The molecule has 0 unspecified atom stereocenters. The zero-order valence-electron chi connectivity index (χ0n) is 10.5. The highest BCUT2D eigenvalue weighted by atomic mass is 16.5. The molecule has 0 amide bonds. The number of ether oxygens (including phenoxy) is 2. The molecule has 0 radical (unpaired) electrons. The predicted molar refractivity (Wildman–Crippen MR) is 67.7 cm³/mol. The van der Waals surface area contributed by atoms with Gasteiger partial charge in [0.05, 0.1) is 12.2 Å². The van der Waals surface area contributed by atoms with Crippen LogP contribution in [-0.2, 0) is 9.53 Å². The van der Waals surface area contributed by atoms with Crippen LogP contribution in [0.3, 0.4) is 0 Å². The lowest BCUT2D eigenvalue weighted by molar-refractivity contribution is -0.138. The van der Waals surface area contributed by atoms with Crippen LogP contribution in [0.1, 0.15) is 24.2 Å². The first-order valence-corrected chi connectivity index (χ1v) is 5.70. The third-order valence-corrected chi connectivity index (χ3v) is 2.27. The van der Waals surface area contributed by atoms with Crippen LogP contribution >= 0.6 is 0 Å². The SMILES string of the molecule is CCOC(=O)/C(C)=C/COc1ccccc1C=O. The third kappa shape index (κ3) is 4.05. The van der Waals surface area contributed by atoms with E-state index < -0.39 is 0 Å². The highest BCUT2D eigenvalue weighted by Gasteiger charge is 2.04. The third-order valence-electron chi connectivity index (χ3n) is 2.27. The average molecular weight is 248 g/mol. The molecule has 96 valence electrons. The van der Waals surface area contributed by atoms with Gasteiger partial charge in [-0.2, -0.15) is 0 Å². The van der Waals surface area contributed by atoms with E-state index in [1.807, 2.05) is 0 Å². The van der Waals surface area contributed by atoms with Gasteiger partial charge in [-0.05, 0) is 32.1 Å². The van der Waals surface area contributed by atoms with Gasteiger partial charge in [0.2, 0.25) is 0 Å². The monoisotopic (exact) mass is 248 g/mol. The molecule has 0 aromatic heterocycles. The van der Waals surface area contributed by atoms with E-state index >= 15 is 0 Å². The van der Waals surface area contributed by atoms with Crippen LogP contribution in [0.2, 0.25) is 0 Å². The quantitative estimate of drug-likeness (QED) is 0.440. The molecule has 0 saturated carbocycles. The first-order valence-electron chi connectivity index (χ1n) is 5.70. The van der Waals surface area contributed by atoms with Crippen LogP contribution in [0.15, 0.2) is 35.9 Å². The van der Waals surface area contributed by atoms with Gasteiger partial charge in [-0.1, -0.05) is 12.1 Å². The van der Waals surface area contributed by atoms with Crippen molar-refractivity contribution in [2.24, 2.45) is 0 Å². The molecule has 0 bridgehead atoms. The van der Waals surface area contributed by atoms with E-state index in [4.69, 9.17) is 9.47 Å². The molecule has 0 aliphatic carbocycles. The Kier molecular flexibility index (Phi) is 5.64. The fourth-order valence-corrected chi connectivity index (χ4v) is 1.29. The molecule has 0 fully saturated rings. The smallest absolute Gasteiger partial charge is 0.333 e. The number of aldehydes is 1. The maximum absolute atomic E-state index is 11.3. The van der Waals surface area contributed by atoms with Gasteiger partial charge in [-0.15, -0.1) is 0 Å². The van der Waals surface area contributed by atoms with Gasteiger partial charge in [-0.3, -0.25) is 4.79 Å². The lowest BCUT2D eigenvalue weighted by Gasteiger charge is -2.06. The summed E-state index contributed by atoms with van der Waals surface area (Å²) < 4.78 is 10.2. The summed E-state index contributed by atoms with van der Waals surface area (Å²) in [5.41, 5.74) is 0.972. The van der Waals surface area contributed by atoms with Crippen LogP contribution in [-0.4, -0.2) is 25.5 Å². The van der Waals surface area contributed by atoms with Crippen molar-refractivity contribution in [2.75, 3.05) is 13.2 Å². The summed E-state index contributed by atoms with van der Waals surface area (Å²) in [5, 5.41) is 0. The number of benzene rings is 1. The lowest BCUT2D eigenvalue weighted by atomic mass is 10.2. The molecule has 0 spiro atoms. The molecule has 1 rings (SSSR count). The van der Waals surface area contributed by atoms with Crippen molar-refractivity contribution in [1.82, 2.24) is 0 Å². The van der Waals surface area contributed by atoms with Gasteiger partial charge in [0.1, 0.15) is 12.4 Å². The van der Waals surface area contributed by atoms with Crippen molar-refractivity contribution in [3.8, 4) is 5.75 Å². The number of hydrogen-bond acceptors (Lipinski definition) is 4. The van der Waals surface area contributed by atoms with E-state index in [0.29, 0.717) is 23.5 Å². The molecule has 18 heavy (non-hydrogen) atoms. The zero-order chi connectivity index (χ0) is 13.4. The molecule has 1 aromatic rings. The van der Waals surface area contributed by atoms with E-state index in [1.165, 1.54) is 0 Å². The Bertz CT molecular complexity index is 449. The molecule has 0 aliphatic heterocycles. The molecule has 1 aromatic carbocycles. The Morgan fingerprint density at radius 2 is 2.06 bits per heavy atom. The number of rotatable bonds is 6. The van der Waals surface area contributed by atoms with Crippen LogP contribution in [0.5, 0.6) is 5.75 Å². The van der Waals surface area contributed by atoms with Crippen LogP contribution in [0, 0.1) is 0 Å². The fraction of sp³-hybridized carbons (Fsp3) is 0.286. The minimum atomic E-state index is -0.357. The van der Waals surface area contributed by atoms with Gasteiger partial charge >= 0.3 is 5.97 Å². The summed E-state index contributed by atoms with van der Waals surface area (Å²) in [6, 6.07) is 6.92. The van der Waals surface area contributed by atoms with Gasteiger partial charge in [0.25, 0.3) is 0 Å². The second-order valence-electron chi connectivity index (χ2n) is 3.57. The summed E-state index contributed by atoms with van der Waals surface area (Å²) in [5.74, 6) is 0.144. The number of hydrogen-bond donors (Lipinski definition) is 0. The van der Waals surface area contributed by atoms with Gasteiger partial charge < -0.3 is 9.47 Å². The van der Waals surface area contributed by atoms with Crippen molar-refractivity contribution in [3.05, 3.63) is 41.5 Å². The number of carbonyl (C=O) groups excluding carboxylic acids is 2. The minimum absolute atomic E-state index is 0.218. The van der Waals surface area contributed by atoms with Crippen molar-refractivity contribution < 1.29 is 19.1 Å². The molecule has 0 saturated heterocycles. The highest BCUT2D eigenvalue weighted by Crippen LogP contribution is 2.15. The first kappa shape index (κ1) is 14.0. The topological polar surface area (TPSA) is 52.6 Å². The summed E-state index contributed by atoms with van der Waals surface area (Å²) in [4.78, 5) is 22.1. The fourth-order valence-electron chi connectivity index (χ4n) is 1.29. The Morgan fingerprint density at radius 3 is 2.72 bits per heavy atom. The Labute approximate surface area is 106 Å². The molecule has 0 aliphatic rings.